The first-order chi connectivity index (χ1) is 17.2. The molecule has 5 rings (SSSR count). The SMILES string of the molecule is COc1cccc(CC(=O)NC2CCC(Cc3cc(N4CCOCC4)cc4nccnc34)CC2)c1. The van der Waals surface area contributed by atoms with Crippen LogP contribution in [0.25, 0.3) is 11.0 Å². The molecular formula is C28H34N4O3. The van der Waals surface area contributed by atoms with Crippen LogP contribution in [-0.2, 0) is 22.4 Å². The molecule has 7 heteroatoms. The van der Waals surface area contributed by atoms with Crippen LogP contribution in [0.3, 0.4) is 0 Å². The van der Waals surface area contributed by atoms with Gasteiger partial charge in [0, 0.05) is 37.2 Å². The molecule has 1 saturated carbocycles. The van der Waals surface area contributed by atoms with Crippen LogP contribution >= 0.6 is 0 Å². The van der Waals surface area contributed by atoms with Crippen molar-refractivity contribution in [3.05, 3.63) is 59.9 Å². The van der Waals surface area contributed by atoms with E-state index in [0.29, 0.717) is 12.3 Å². The zero-order valence-electron chi connectivity index (χ0n) is 20.4. The summed E-state index contributed by atoms with van der Waals surface area (Å²) in [7, 11) is 1.64. The van der Waals surface area contributed by atoms with Crippen LogP contribution in [0.15, 0.2) is 48.8 Å². The standard InChI is InChI=1S/C28H34N4O3/c1-34-25-4-2-3-21(16-25)17-27(33)31-23-7-5-20(6-8-23)15-22-18-24(32-11-13-35-14-12-32)19-26-28(22)30-10-9-29-26/h2-4,9-10,16,18-20,23H,5-8,11-15,17H2,1H3,(H,31,33). The lowest BCUT2D eigenvalue weighted by molar-refractivity contribution is -0.121. The number of morpholine rings is 1. The highest BCUT2D eigenvalue weighted by Gasteiger charge is 2.24. The molecule has 0 atom stereocenters. The second-order valence-corrected chi connectivity index (χ2v) is 9.65. The number of fused-ring (bicyclic) bond motifs is 1. The van der Waals surface area contributed by atoms with Crippen LogP contribution in [0.5, 0.6) is 5.75 Å². The monoisotopic (exact) mass is 474 g/mol. The summed E-state index contributed by atoms with van der Waals surface area (Å²) in [5.41, 5.74) is 5.45. The smallest absolute Gasteiger partial charge is 0.224 e. The minimum absolute atomic E-state index is 0.0844. The lowest BCUT2D eigenvalue weighted by atomic mass is 9.82. The number of carbonyl (C=O) groups excluding carboxylic acids is 1. The Balaban J connectivity index is 1.19. The Morgan fingerprint density at radius 3 is 2.69 bits per heavy atom. The first-order valence-electron chi connectivity index (χ1n) is 12.7. The van der Waals surface area contributed by atoms with Gasteiger partial charge < -0.3 is 19.7 Å². The Morgan fingerprint density at radius 1 is 1.09 bits per heavy atom. The van der Waals surface area contributed by atoms with E-state index in [2.05, 4.69) is 32.3 Å². The van der Waals surface area contributed by atoms with E-state index in [4.69, 9.17) is 9.47 Å². The molecule has 1 amide bonds. The average Bonchev–Trinajstić information content (AvgIpc) is 2.90. The van der Waals surface area contributed by atoms with Gasteiger partial charge in [-0.15, -0.1) is 0 Å². The number of hydrogen-bond acceptors (Lipinski definition) is 6. The number of amides is 1. The van der Waals surface area contributed by atoms with Crippen LogP contribution in [-0.4, -0.2) is 55.3 Å². The third kappa shape index (κ3) is 5.90. The van der Waals surface area contributed by atoms with Crippen LogP contribution < -0.4 is 15.0 Å². The molecule has 0 unspecified atom stereocenters. The topological polar surface area (TPSA) is 76.6 Å². The van der Waals surface area contributed by atoms with E-state index in [1.54, 1.807) is 19.5 Å². The molecule has 2 aliphatic rings. The Bertz CT molecular complexity index is 1150. The van der Waals surface area contributed by atoms with Crippen molar-refractivity contribution in [2.24, 2.45) is 5.92 Å². The maximum absolute atomic E-state index is 12.6. The summed E-state index contributed by atoms with van der Waals surface area (Å²) >= 11 is 0. The number of benzene rings is 2. The summed E-state index contributed by atoms with van der Waals surface area (Å²) in [6, 6.07) is 12.4. The first kappa shape index (κ1) is 23.5. The van der Waals surface area contributed by atoms with E-state index in [1.807, 2.05) is 24.3 Å². The number of carbonyl (C=O) groups is 1. The number of aromatic nitrogens is 2. The molecule has 0 bridgehead atoms. The van der Waals surface area contributed by atoms with Crippen molar-refractivity contribution in [2.45, 2.75) is 44.6 Å². The summed E-state index contributed by atoms with van der Waals surface area (Å²) in [5, 5.41) is 3.25. The number of nitrogens with zero attached hydrogens (tertiary/aromatic N) is 3. The predicted octanol–water partition coefficient (Wildman–Crippen LogP) is 3.94. The molecule has 2 fully saturated rings. The first-order valence-corrected chi connectivity index (χ1v) is 12.7. The number of methoxy groups -OCH3 is 1. The molecule has 7 nitrogen and oxygen atoms in total. The largest absolute Gasteiger partial charge is 0.497 e. The Hall–Kier alpha value is -3.19. The number of rotatable bonds is 7. The third-order valence-corrected chi connectivity index (χ3v) is 7.23. The molecule has 0 radical (unpaired) electrons. The lowest BCUT2D eigenvalue weighted by Crippen LogP contribution is -2.38. The molecule has 3 aromatic rings. The fraction of sp³-hybridized carbons (Fsp3) is 0.464. The van der Waals surface area contributed by atoms with Crippen molar-refractivity contribution in [3.63, 3.8) is 0 Å². The highest BCUT2D eigenvalue weighted by molar-refractivity contribution is 5.82. The fourth-order valence-electron chi connectivity index (χ4n) is 5.36. The summed E-state index contributed by atoms with van der Waals surface area (Å²) in [5.74, 6) is 1.46. The number of nitrogens with one attached hydrogen (secondary N) is 1. The summed E-state index contributed by atoms with van der Waals surface area (Å²) in [4.78, 5) is 24.3. The van der Waals surface area contributed by atoms with Gasteiger partial charge in [0.15, 0.2) is 0 Å². The van der Waals surface area contributed by atoms with Crippen LogP contribution in [0.4, 0.5) is 5.69 Å². The van der Waals surface area contributed by atoms with E-state index in [9.17, 15) is 4.79 Å². The summed E-state index contributed by atoms with van der Waals surface area (Å²) in [6.45, 7) is 3.35. The van der Waals surface area contributed by atoms with Crippen molar-refractivity contribution in [1.82, 2.24) is 15.3 Å². The van der Waals surface area contributed by atoms with Gasteiger partial charge in [-0.2, -0.15) is 0 Å². The molecule has 1 aliphatic carbocycles. The van der Waals surface area contributed by atoms with Crippen LogP contribution in [0.2, 0.25) is 0 Å². The average molecular weight is 475 g/mol. The molecule has 1 saturated heterocycles. The van der Waals surface area contributed by atoms with Gasteiger partial charge in [-0.1, -0.05) is 12.1 Å². The Labute approximate surface area is 206 Å². The molecule has 35 heavy (non-hydrogen) atoms. The van der Waals surface area contributed by atoms with E-state index in [1.165, 1.54) is 11.3 Å². The van der Waals surface area contributed by atoms with Gasteiger partial charge in [-0.25, -0.2) is 0 Å². The van der Waals surface area contributed by atoms with Gasteiger partial charge in [0.2, 0.25) is 5.91 Å². The number of anilines is 1. The van der Waals surface area contributed by atoms with E-state index in [-0.39, 0.29) is 11.9 Å². The van der Waals surface area contributed by atoms with E-state index >= 15 is 0 Å². The number of hydrogen-bond donors (Lipinski definition) is 1. The van der Waals surface area contributed by atoms with Crippen molar-refractivity contribution < 1.29 is 14.3 Å². The maximum atomic E-state index is 12.6. The molecule has 1 N–H and O–H groups in total. The molecule has 0 spiro atoms. The van der Waals surface area contributed by atoms with Crippen molar-refractivity contribution in [3.8, 4) is 5.75 Å². The van der Waals surface area contributed by atoms with Crippen LogP contribution in [0, 0.1) is 5.92 Å². The van der Waals surface area contributed by atoms with Gasteiger partial charge in [0.1, 0.15) is 5.75 Å². The van der Waals surface area contributed by atoms with Gasteiger partial charge in [-0.3, -0.25) is 14.8 Å². The van der Waals surface area contributed by atoms with Gasteiger partial charge in [0.25, 0.3) is 0 Å². The van der Waals surface area contributed by atoms with Crippen molar-refractivity contribution >= 4 is 22.6 Å². The van der Waals surface area contributed by atoms with Crippen molar-refractivity contribution in [1.29, 1.82) is 0 Å². The molecule has 2 aromatic carbocycles. The normalized spacial score (nSPS) is 20.5. The molecule has 184 valence electrons. The Kier molecular flexibility index (Phi) is 7.42. The molecule has 1 aromatic heterocycles. The quantitative estimate of drug-likeness (QED) is 0.559. The Morgan fingerprint density at radius 2 is 1.89 bits per heavy atom. The minimum Gasteiger partial charge on any atom is -0.497 e. The number of ether oxygens (including phenoxy) is 2. The maximum Gasteiger partial charge on any atom is 0.224 e. The zero-order chi connectivity index (χ0) is 24.0. The predicted molar refractivity (Wildman–Crippen MR) is 137 cm³/mol. The van der Waals surface area contributed by atoms with E-state index < -0.39 is 0 Å². The van der Waals surface area contributed by atoms with Crippen LogP contribution in [0.1, 0.15) is 36.8 Å². The second kappa shape index (κ2) is 11.0. The second-order valence-electron chi connectivity index (χ2n) is 9.65. The third-order valence-electron chi connectivity index (χ3n) is 7.23. The minimum atomic E-state index is 0.0844. The summed E-state index contributed by atoms with van der Waals surface area (Å²) in [6.07, 6.45) is 9.18. The van der Waals surface area contributed by atoms with E-state index in [0.717, 1.165) is 80.8 Å². The molecule has 2 heterocycles. The van der Waals surface area contributed by atoms with Gasteiger partial charge in [0.05, 0.1) is 37.8 Å². The lowest BCUT2D eigenvalue weighted by Gasteiger charge is -2.31. The summed E-state index contributed by atoms with van der Waals surface area (Å²) < 4.78 is 10.8. The molecular weight excluding hydrogens is 440 g/mol. The van der Waals surface area contributed by atoms with Crippen molar-refractivity contribution in [2.75, 3.05) is 38.3 Å². The zero-order valence-corrected chi connectivity index (χ0v) is 20.4. The highest BCUT2D eigenvalue weighted by atomic mass is 16.5. The molecule has 1 aliphatic heterocycles. The highest BCUT2D eigenvalue weighted by Crippen LogP contribution is 2.32. The fourth-order valence-corrected chi connectivity index (χ4v) is 5.36. The van der Waals surface area contributed by atoms with Gasteiger partial charge in [-0.05, 0) is 73.4 Å². The van der Waals surface area contributed by atoms with Gasteiger partial charge >= 0.3 is 0 Å².